The average Bonchev–Trinajstić information content (AvgIpc) is 2.28. The molecule has 1 rings (SSSR count). The minimum Gasteiger partial charge on any atom is -0.475 e. The Balaban J connectivity index is 2.32. The molecule has 0 unspecified atom stereocenters. The van der Waals surface area contributed by atoms with Gasteiger partial charge in [0, 0.05) is 25.8 Å². The maximum absolute atomic E-state index is 5.48. The van der Waals surface area contributed by atoms with E-state index in [-0.39, 0.29) is 6.10 Å². The quantitative estimate of drug-likeness (QED) is 0.704. The van der Waals surface area contributed by atoms with Crippen LogP contribution < -0.4 is 10.1 Å². The molecule has 96 valence electrons. The van der Waals surface area contributed by atoms with Gasteiger partial charge in [-0.1, -0.05) is 0 Å². The Hall–Kier alpha value is -1.36. The third-order valence-corrected chi connectivity index (χ3v) is 1.97. The average molecular weight is 239 g/mol. The highest BCUT2D eigenvalue weighted by Crippen LogP contribution is 2.12. The van der Waals surface area contributed by atoms with E-state index in [0.29, 0.717) is 5.88 Å². The third kappa shape index (κ3) is 6.06. The second-order valence-corrected chi connectivity index (χ2v) is 3.89. The monoisotopic (exact) mass is 239 g/mol. The van der Waals surface area contributed by atoms with Crippen LogP contribution in [0.2, 0.25) is 0 Å². The molecule has 1 N–H and O–H groups in total. The minimum absolute atomic E-state index is 0.121. The van der Waals surface area contributed by atoms with Crippen molar-refractivity contribution in [3.63, 3.8) is 0 Å². The zero-order chi connectivity index (χ0) is 12.5. The third-order valence-electron chi connectivity index (χ3n) is 1.97. The molecule has 5 heteroatoms. The molecule has 17 heavy (non-hydrogen) atoms. The van der Waals surface area contributed by atoms with Crippen molar-refractivity contribution in [1.82, 2.24) is 9.97 Å². The van der Waals surface area contributed by atoms with Crippen LogP contribution in [0, 0.1) is 0 Å². The summed E-state index contributed by atoms with van der Waals surface area (Å²) in [5.74, 6) is 1.38. The van der Waals surface area contributed by atoms with E-state index in [4.69, 9.17) is 9.47 Å². The molecular formula is C12H21N3O2. The highest BCUT2D eigenvalue weighted by atomic mass is 16.5. The van der Waals surface area contributed by atoms with E-state index in [0.717, 1.165) is 32.0 Å². The standard InChI is InChI=1S/C12H21N3O2/c1-4-16-7-5-6-13-11-8-12(15-9-14-11)17-10(2)3/h8-10H,4-7H2,1-3H3,(H,13,14,15). The maximum atomic E-state index is 5.48. The topological polar surface area (TPSA) is 56.3 Å². The molecule has 0 fully saturated rings. The van der Waals surface area contributed by atoms with Crippen molar-refractivity contribution in [2.45, 2.75) is 33.3 Å². The number of rotatable bonds is 8. The second kappa shape index (κ2) is 7.84. The van der Waals surface area contributed by atoms with Crippen LogP contribution in [0.1, 0.15) is 27.2 Å². The second-order valence-electron chi connectivity index (χ2n) is 3.89. The van der Waals surface area contributed by atoms with Gasteiger partial charge >= 0.3 is 0 Å². The van der Waals surface area contributed by atoms with Gasteiger partial charge in [0.05, 0.1) is 6.10 Å². The van der Waals surface area contributed by atoms with Gasteiger partial charge in [-0.15, -0.1) is 0 Å². The van der Waals surface area contributed by atoms with Crippen LogP contribution in [0.4, 0.5) is 5.82 Å². The van der Waals surface area contributed by atoms with Gasteiger partial charge in [-0.25, -0.2) is 9.97 Å². The highest BCUT2D eigenvalue weighted by Gasteiger charge is 2.01. The molecule has 0 amide bonds. The van der Waals surface area contributed by atoms with E-state index in [1.165, 1.54) is 6.33 Å². The Labute approximate surface area is 103 Å². The lowest BCUT2D eigenvalue weighted by molar-refractivity contribution is 0.147. The zero-order valence-electron chi connectivity index (χ0n) is 10.8. The lowest BCUT2D eigenvalue weighted by Crippen LogP contribution is -2.09. The molecule has 0 aliphatic heterocycles. The normalized spacial score (nSPS) is 10.6. The van der Waals surface area contributed by atoms with E-state index in [1.54, 1.807) is 6.07 Å². The van der Waals surface area contributed by atoms with E-state index in [9.17, 15) is 0 Å². The summed E-state index contributed by atoms with van der Waals surface area (Å²) in [6, 6.07) is 1.81. The first-order valence-electron chi connectivity index (χ1n) is 6.02. The van der Waals surface area contributed by atoms with Gasteiger partial charge in [-0.3, -0.25) is 0 Å². The number of anilines is 1. The van der Waals surface area contributed by atoms with Crippen LogP contribution in [0.3, 0.4) is 0 Å². The van der Waals surface area contributed by atoms with Crippen molar-refractivity contribution in [2.75, 3.05) is 25.1 Å². The Morgan fingerprint density at radius 3 is 2.88 bits per heavy atom. The van der Waals surface area contributed by atoms with Crippen LogP contribution >= 0.6 is 0 Å². The molecule has 0 spiro atoms. The van der Waals surface area contributed by atoms with Gasteiger partial charge in [0.2, 0.25) is 5.88 Å². The van der Waals surface area contributed by atoms with Gasteiger partial charge in [-0.05, 0) is 27.2 Å². The Morgan fingerprint density at radius 2 is 2.18 bits per heavy atom. The molecule has 0 saturated heterocycles. The Morgan fingerprint density at radius 1 is 1.35 bits per heavy atom. The lowest BCUT2D eigenvalue weighted by Gasteiger charge is -2.10. The minimum atomic E-state index is 0.121. The van der Waals surface area contributed by atoms with Crippen LogP contribution in [0.5, 0.6) is 5.88 Å². The summed E-state index contributed by atoms with van der Waals surface area (Å²) in [5, 5.41) is 3.21. The fraction of sp³-hybridized carbons (Fsp3) is 0.667. The van der Waals surface area contributed by atoms with Gasteiger partial charge in [0.25, 0.3) is 0 Å². The summed E-state index contributed by atoms with van der Waals surface area (Å²) >= 11 is 0. The molecule has 1 aromatic rings. The van der Waals surface area contributed by atoms with Crippen molar-refractivity contribution in [3.05, 3.63) is 12.4 Å². The number of ether oxygens (including phenoxy) is 2. The smallest absolute Gasteiger partial charge is 0.218 e. The van der Waals surface area contributed by atoms with Crippen LogP contribution in [-0.2, 0) is 4.74 Å². The summed E-state index contributed by atoms with van der Waals surface area (Å²) < 4.78 is 10.7. The van der Waals surface area contributed by atoms with E-state index < -0.39 is 0 Å². The van der Waals surface area contributed by atoms with Crippen molar-refractivity contribution >= 4 is 5.82 Å². The molecule has 0 aliphatic carbocycles. The molecule has 0 aliphatic rings. The first kappa shape index (κ1) is 13.7. The molecular weight excluding hydrogens is 218 g/mol. The molecule has 0 saturated carbocycles. The van der Waals surface area contributed by atoms with E-state index in [2.05, 4.69) is 15.3 Å². The van der Waals surface area contributed by atoms with E-state index in [1.807, 2.05) is 20.8 Å². The Bertz CT molecular complexity index is 318. The summed E-state index contributed by atoms with van der Waals surface area (Å²) in [6.45, 7) is 8.30. The number of aromatic nitrogens is 2. The first-order valence-corrected chi connectivity index (χ1v) is 6.02. The van der Waals surface area contributed by atoms with Gasteiger partial charge in [0.1, 0.15) is 12.1 Å². The molecule has 0 atom stereocenters. The summed E-state index contributed by atoms with van der Waals surface area (Å²) in [7, 11) is 0. The maximum Gasteiger partial charge on any atom is 0.218 e. The fourth-order valence-electron chi connectivity index (χ4n) is 1.28. The van der Waals surface area contributed by atoms with E-state index >= 15 is 0 Å². The summed E-state index contributed by atoms with van der Waals surface area (Å²) in [5.41, 5.74) is 0. The number of hydrogen-bond donors (Lipinski definition) is 1. The van der Waals surface area contributed by atoms with Crippen molar-refractivity contribution in [2.24, 2.45) is 0 Å². The Kier molecular flexibility index (Phi) is 6.32. The molecule has 0 radical (unpaired) electrons. The number of nitrogens with zero attached hydrogens (tertiary/aromatic N) is 2. The zero-order valence-corrected chi connectivity index (χ0v) is 10.8. The SMILES string of the molecule is CCOCCCNc1cc(OC(C)C)ncn1. The number of nitrogens with one attached hydrogen (secondary N) is 1. The predicted molar refractivity (Wildman–Crippen MR) is 67.4 cm³/mol. The van der Waals surface area contributed by atoms with Crippen molar-refractivity contribution in [1.29, 1.82) is 0 Å². The molecule has 5 nitrogen and oxygen atoms in total. The first-order chi connectivity index (χ1) is 8.22. The molecule has 0 bridgehead atoms. The lowest BCUT2D eigenvalue weighted by atomic mass is 10.4. The van der Waals surface area contributed by atoms with Crippen molar-refractivity contribution in [3.8, 4) is 5.88 Å². The van der Waals surface area contributed by atoms with Crippen LogP contribution in [-0.4, -0.2) is 35.8 Å². The molecule has 0 aromatic carbocycles. The highest BCUT2D eigenvalue weighted by molar-refractivity contribution is 5.36. The predicted octanol–water partition coefficient (Wildman–Crippen LogP) is 2.10. The summed E-state index contributed by atoms with van der Waals surface area (Å²) in [4.78, 5) is 8.16. The largest absolute Gasteiger partial charge is 0.475 e. The molecule has 1 heterocycles. The molecule has 1 aromatic heterocycles. The van der Waals surface area contributed by atoms with Crippen molar-refractivity contribution < 1.29 is 9.47 Å². The van der Waals surface area contributed by atoms with Crippen LogP contribution in [0.25, 0.3) is 0 Å². The number of hydrogen-bond acceptors (Lipinski definition) is 5. The van der Waals surface area contributed by atoms with Gasteiger partial charge in [0.15, 0.2) is 0 Å². The van der Waals surface area contributed by atoms with Gasteiger partial charge < -0.3 is 14.8 Å². The van der Waals surface area contributed by atoms with Gasteiger partial charge in [-0.2, -0.15) is 0 Å². The van der Waals surface area contributed by atoms with Crippen LogP contribution in [0.15, 0.2) is 12.4 Å². The fourth-order valence-corrected chi connectivity index (χ4v) is 1.28. The summed E-state index contributed by atoms with van der Waals surface area (Å²) in [6.07, 6.45) is 2.58.